The monoisotopic (exact) mass is 274 g/mol. The van der Waals surface area contributed by atoms with Gasteiger partial charge in [-0.1, -0.05) is 25.1 Å². The quantitative estimate of drug-likeness (QED) is 0.905. The second kappa shape index (κ2) is 6.48. The molecule has 0 aliphatic carbocycles. The largest absolute Gasteiger partial charge is 0.326 e. The Labute approximate surface area is 117 Å². The van der Waals surface area contributed by atoms with E-state index < -0.39 is 0 Å². The summed E-state index contributed by atoms with van der Waals surface area (Å²) in [6.07, 6.45) is 2.09. The van der Waals surface area contributed by atoms with Gasteiger partial charge in [0.15, 0.2) is 0 Å². The average Bonchev–Trinajstić information content (AvgIpc) is 2.83. The first-order valence-corrected chi connectivity index (χ1v) is 7.35. The van der Waals surface area contributed by atoms with E-state index in [0.29, 0.717) is 12.8 Å². The van der Waals surface area contributed by atoms with Crippen LogP contribution in [0.3, 0.4) is 0 Å². The minimum absolute atomic E-state index is 0.0477. The van der Waals surface area contributed by atoms with Crippen LogP contribution in [0.25, 0.3) is 0 Å². The third-order valence-electron chi connectivity index (χ3n) is 2.95. The fourth-order valence-electron chi connectivity index (χ4n) is 1.93. The van der Waals surface area contributed by atoms with Crippen LogP contribution in [0.2, 0.25) is 0 Å². The molecule has 1 aromatic heterocycles. The lowest BCUT2D eigenvalue weighted by molar-refractivity contribution is -0.116. The Balaban J connectivity index is 1.90. The Kier molecular flexibility index (Phi) is 4.68. The number of aryl methyl sites for hydroxylation is 3. The topological polar surface area (TPSA) is 42.0 Å². The zero-order chi connectivity index (χ0) is 13.7. The number of carbonyl (C=O) groups is 1. The van der Waals surface area contributed by atoms with Crippen LogP contribution < -0.4 is 5.32 Å². The molecule has 0 radical (unpaired) electrons. The predicted molar refractivity (Wildman–Crippen MR) is 79.6 cm³/mol. The highest BCUT2D eigenvalue weighted by Crippen LogP contribution is 2.16. The van der Waals surface area contributed by atoms with Crippen LogP contribution in [-0.2, 0) is 17.6 Å². The first-order valence-electron chi connectivity index (χ1n) is 6.47. The zero-order valence-corrected chi connectivity index (χ0v) is 12.1. The summed E-state index contributed by atoms with van der Waals surface area (Å²) >= 11 is 1.62. The summed E-state index contributed by atoms with van der Waals surface area (Å²) in [4.78, 5) is 16.3. The van der Waals surface area contributed by atoms with E-state index in [1.807, 2.05) is 36.6 Å². The van der Waals surface area contributed by atoms with E-state index in [2.05, 4.69) is 17.2 Å². The highest BCUT2D eigenvalue weighted by molar-refractivity contribution is 7.09. The van der Waals surface area contributed by atoms with Gasteiger partial charge < -0.3 is 5.32 Å². The molecule has 4 heteroatoms. The molecule has 3 nitrogen and oxygen atoms in total. The van der Waals surface area contributed by atoms with Gasteiger partial charge in [0.1, 0.15) is 0 Å². The highest BCUT2D eigenvalue weighted by atomic mass is 32.1. The predicted octanol–water partition coefficient (Wildman–Crippen LogP) is 3.59. The summed E-state index contributed by atoms with van der Waals surface area (Å²) in [6, 6.07) is 7.92. The van der Waals surface area contributed by atoms with Gasteiger partial charge in [-0.2, -0.15) is 0 Å². The lowest BCUT2D eigenvalue weighted by Crippen LogP contribution is -2.13. The molecule has 2 rings (SSSR count). The Hall–Kier alpha value is -1.68. The summed E-state index contributed by atoms with van der Waals surface area (Å²) in [6.45, 7) is 4.06. The van der Waals surface area contributed by atoms with E-state index in [1.54, 1.807) is 11.3 Å². The summed E-state index contributed by atoms with van der Waals surface area (Å²) in [5.74, 6) is 0.0477. The molecule has 0 atom stereocenters. The number of thiazole rings is 1. The van der Waals surface area contributed by atoms with Crippen LogP contribution >= 0.6 is 11.3 Å². The number of amides is 1. The third-order valence-corrected chi connectivity index (χ3v) is 3.77. The number of rotatable bonds is 5. The maximum absolute atomic E-state index is 11.9. The number of hydrogen-bond acceptors (Lipinski definition) is 3. The van der Waals surface area contributed by atoms with Crippen molar-refractivity contribution >= 4 is 22.9 Å². The van der Waals surface area contributed by atoms with Crippen molar-refractivity contribution in [3.05, 3.63) is 45.9 Å². The molecular formula is C15H18N2OS. The molecular weight excluding hydrogens is 256 g/mol. The number of nitrogens with zero attached hydrogens (tertiary/aromatic N) is 1. The van der Waals surface area contributed by atoms with Crippen LogP contribution in [0.4, 0.5) is 5.69 Å². The van der Waals surface area contributed by atoms with Gasteiger partial charge in [0, 0.05) is 17.5 Å². The van der Waals surface area contributed by atoms with E-state index >= 15 is 0 Å². The summed E-state index contributed by atoms with van der Waals surface area (Å²) < 4.78 is 0. The Bertz CT molecular complexity index is 563. The van der Waals surface area contributed by atoms with Gasteiger partial charge in [-0.3, -0.25) is 4.79 Å². The fourth-order valence-corrected chi connectivity index (χ4v) is 2.58. The van der Waals surface area contributed by atoms with Crippen molar-refractivity contribution in [2.45, 2.75) is 33.1 Å². The summed E-state index contributed by atoms with van der Waals surface area (Å²) in [5.41, 5.74) is 3.09. The highest BCUT2D eigenvalue weighted by Gasteiger charge is 2.07. The minimum Gasteiger partial charge on any atom is -0.326 e. The second-order valence-electron chi connectivity index (χ2n) is 4.42. The molecule has 0 saturated carbocycles. The first-order chi connectivity index (χ1) is 9.19. The van der Waals surface area contributed by atoms with E-state index in [4.69, 9.17) is 0 Å². The number of aromatic nitrogens is 1. The molecule has 0 bridgehead atoms. The van der Waals surface area contributed by atoms with Gasteiger partial charge in [-0.15, -0.1) is 11.3 Å². The minimum atomic E-state index is 0.0477. The molecule has 0 aliphatic heterocycles. The summed E-state index contributed by atoms with van der Waals surface area (Å²) in [5, 5.41) is 6.04. The zero-order valence-electron chi connectivity index (χ0n) is 11.3. The molecule has 1 N–H and O–H groups in total. The lowest BCUT2D eigenvalue weighted by atomic mass is 10.1. The molecule has 0 saturated heterocycles. The number of hydrogen-bond donors (Lipinski definition) is 1. The summed E-state index contributed by atoms with van der Waals surface area (Å²) in [7, 11) is 0. The standard InChI is InChI=1S/C15H18N2OS/c1-3-12-6-4-5-7-14(12)17-15(18)9-8-13-10-19-11(2)16-13/h4-7,10H,3,8-9H2,1-2H3,(H,17,18). The van der Waals surface area contributed by atoms with Gasteiger partial charge >= 0.3 is 0 Å². The molecule has 0 aliphatic rings. The van der Waals surface area contributed by atoms with Gasteiger partial charge in [0.25, 0.3) is 0 Å². The van der Waals surface area contributed by atoms with Crippen molar-refractivity contribution in [1.29, 1.82) is 0 Å². The normalized spacial score (nSPS) is 10.4. The number of benzene rings is 1. The molecule has 0 fully saturated rings. The first kappa shape index (κ1) is 13.7. The second-order valence-corrected chi connectivity index (χ2v) is 5.48. The molecule has 1 aromatic carbocycles. The van der Waals surface area contributed by atoms with Crippen LogP contribution in [0.1, 0.15) is 29.6 Å². The number of carbonyl (C=O) groups excluding carboxylic acids is 1. The third kappa shape index (κ3) is 3.89. The molecule has 0 unspecified atom stereocenters. The molecule has 19 heavy (non-hydrogen) atoms. The number of para-hydroxylation sites is 1. The van der Waals surface area contributed by atoms with E-state index in [1.165, 1.54) is 5.56 Å². The van der Waals surface area contributed by atoms with Gasteiger partial charge in [0.2, 0.25) is 5.91 Å². The van der Waals surface area contributed by atoms with Crippen LogP contribution in [-0.4, -0.2) is 10.9 Å². The van der Waals surface area contributed by atoms with E-state index in [0.717, 1.165) is 22.8 Å². The fraction of sp³-hybridized carbons (Fsp3) is 0.333. The Morgan fingerprint density at radius 2 is 2.16 bits per heavy atom. The van der Waals surface area contributed by atoms with Crippen molar-refractivity contribution in [3.8, 4) is 0 Å². The maximum atomic E-state index is 11.9. The van der Waals surface area contributed by atoms with Gasteiger partial charge in [-0.05, 0) is 31.4 Å². The molecule has 1 amide bonds. The van der Waals surface area contributed by atoms with Gasteiger partial charge in [0.05, 0.1) is 10.7 Å². The molecule has 1 heterocycles. The Morgan fingerprint density at radius 1 is 1.37 bits per heavy atom. The smallest absolute Gasteiger partial charge is 0.224 e. The Morgan fingerprint density at radius 3 is 2.84 bits per heavy atom. The molecule has 2 aromatic rings. The van der Waals surface area contributed by atoms with E-state index in [9.17, 15) is 4.79 Å². The maximum Gasteiger partial charge on any atom is 0.224 e. The average molecular weight is 274 g/mol. The molecule has 0 spiro atoms. The molecule has 100 valence electrons. The van der Waals surface area contributed by atoms with Crippen LogP contribution in [0.15, 0.2) is 29.6 Å². The van der Waals surface area contributed by atoms with Crippen molar-refractivity contribution < 1.29 is 4.79 Å². The van der Waals surface area contributed by atoms with Crippen molar-refractivity contribution in [1.82, 2.24) is 4.98 Å². The van der Waals surface area contributed by atoms with Crippen LogP contribution in [0, 0.1) is 6.92 Å². The number of anilines is 1. The lowest BCUT2D eigenvalue weighted by Gasteiger charge is -2.09. The van der Waals surface area contributed by atoms with Crippen molar-refractivity contribution in [2.24, 2.45) is 0 Å². The SMILES string of the molecule is CCc1ccccc1NC(=O)CCc1csc(C)n1. The van der Waals surface area contributed by atoms with E-state index in [-0.39, 0.29) is 5.91 Å². The number of nitrogens with one attached hydrogen (secondary N) is 1. The van der Waals surface area contributed by atoms with Gasteiger partial charge in [-0.25, -0.2) is 4.98 Å². The van der Waals surface area contributed by atoms with Crippen molar-refractivity contribution in [3.63, 3.8) is 0 Å². The van der Waals surface area contributed by atoms with Crippen LogP contribution in [0.5, 0.6) is 0 Å². The van der Waals surface area contributed by atoms with Crippen molar-refractivity contribution in [2.75, 3.05) is 5.32 Å².